The predicted molar refractivity (Wildman–Crippen MR) is 111 cm³/mol. The molecule has 1 fully saturated rings. The molecular formula is C26H16O6. The first kappa shape index (κ1) is 20.3. The Hall–Kier alpha value is -3.62. The fourth-order valence-electron chi connectivity index (χ4n) is 5.34. The lowest BCUT2D eigenvalue weighted by atomic mass is 9.42. The fourth-order valence-corrected chi connectivity index (χ4v) is 5.34. The first-order chi connectivity index (χ1) is 15.3. The van der Waals surface area contributed by atoms with Crippen molar-refractivity contribution in [2.45, 2.75) is 23.4 Å². The van der Waals surface area contributed by atoms with Crippen molar-refractivity contribution in [3.8, 4) is 47.4 Å². The molecule has 6 rings (SSSR count). The highest BCUT2D eigenvalue weighted by atomic mass is 16.3. The van der Waals surface area contributed by atoms with Gasteiger partial charge in [-0.3, -0.25) is 9.59 Å². The second-order valence-electron chi connectivity index (χ2n) is 8.27. The molecule has 6 aliphatic carbocycles. The van der Waals surface area contributed by atoms with E-state index in [1.54, 1.807) is 0 Å². The van der Waals surface area contributed by atoms with Crippen LogP contribution in [0, 0.1) is 70.5 Å². The monoisotopic (exact) mass is 424 g/mol. The lowest BCUT2D eigenvalue weighted by molar-refractivity contribution is -0.183. The molecule has 32 heavy (non-hydrogen) atoms. The summed E-state index contributed by atoms with van der Waals surface area (Å²) in [7, 11) is 0. The van der Waals surface area contributed by atoms with E-state index < -0.39 is 58.1 Å². The Kier molecular flexibility index (Phi) is 4.24. The van der Waals surface area contributed by atoms with Crippen LogP contribution in [0.25, 0.3) is 0 Å². The smallest absolute Gasteiger partial charge is 0.206 e. The van der Waals surface area contributed by atoms with Gasteiger partial charge in [0.25, 0.3) is 0 Å². The first-order valence-corrected chi connectivity index (χ1v) is 9.96. The number of Topliss-reactive ketones (excluding diaryl/α,β-unsaturated/α-hetero) is 2. The van der Waals surface area contributed by atoms with Crippen LogP contribution in [0.15, 0.2) is 48.1 Å². The maximum Gasteiger partial charge on any atom is 0.206 e. The van der Waals surface area contributed by atoms with Crippen LogP contribution in [0.5, 0.6) is 0 Å². The quantitative estimate of drug-likeness (QED) is 0.288. The minimum Gasteiger partial charge on any atom is -0.379 e. The van der Waals surface area contributed by atoms with Crippen molar-refractivity contribution in [2.75, 3.05) is 0 Å². The van der Waals surface area contributed by atoms with Gasteiger partial charge in [0.15, 0.2) is 17.0 Å². The summed E-state index contributed by atoms with van der Waals surface area (Å²) in [6.07, 6.45) is 6.62. The summed E-state index contributed by atoms with van der Waals surface area (Å²) in [6, 6.07) is 0. The van der Waals surface area contributed by atoms with Gasteiger partial charge in [-0.25, -0.2) is 0 Å². The Labute approximate surface area is 184 Å². The number of ketones is 2. The van der Waals surface area contributed by atoms with Crippen molar-refractivity contribution in [2.24, 2.45) is 23.2 Å². The van der Waals surface area contributed by atoms with Crippen LogP contribution < -0.4 is 0 Å². The van der Waals surface area contributed by atoms with Gasteiger partial charge in [-0.15, -0.1) is 0 Å². The van der Waals surface area contributed by atoms with Crippen LogP contribution in [-0.4, -0.2) is 55.4 Å². The minimum absolute atomic E-state index is 0.222. The molecule has 6 aliphatic rings. The molecule has 5 bridgehead atoms. The lowest BCUT2D eigenvalue weighted by Crippen LogP contribution is -2.73. The van der Waals surface area contributed by atoms with Gasteiger partial charge in [-0.05, 0) is 24.3 Å². The number of hydrogen-bond donors (Lipinski definition) is 4. The van der Waals surface area contributed by atoms with Crippen LogP contribution in [-0.2, 0) is 9.59 Å². The largest absolute Gasteiger partial charge is 0.379 e. The summed E-state index contributed by atoms with van der Waals surface area (Å²) in [6.45, 7) is 0. The highest BCUT2D eigenvalue weighted by Crippen LogP contribution is 2.61. The van der Waals surface area contributed by atoms with E-state index in [-0.39, 0.29) is 5.57 Å². The van der Waals surface area contributed by atoms with Gasteiger partial charge >= 0.3 is 0 Å². The topological polar surface area (TPSA) is 115 Å². The average Bonchev–Trinajstić information content (AvgIpc) is 2.77. The van der Waals surface area contributed by atoms with Crippen LogP contribution in [0.4, 0.5) is 0 Å². The molecule has 8 atom stereocenters. The molecule has 156 valence electrons. The molecule has 0 amide bonds. The maximum absolute atomic E-state index is 13.7. The molecule has 0 aromatic carbocycles. The number of hydrogen-bond acceptors (Lipinski definition) is 6. The van der Waals surface area contributed by atoms with Gasteiger partial charge in [0, 0.05) is 23.3 Å². The molecule has 0 aromatic heterocycles. The Morgan fingerprint density at radius 2 is 1.44 bits per heavy atom. The third kappa shape index (κ3) is 2.39. The highest BCUT2D eigenvalue weighted by Gasteiger charge is 2.73. The third-order valence-electron chi connectivity index (χ3n) is 6.79. The van der Waals surface area contributed by atoms with E-state index in [1.165, 1.54) is 42.5 Å². The zero-order chi connectivity index (χ0) is 22.7. The summed E-state index contributed by atoms with van der Waals surface area (Å²) in [5.41, 5.74) is -6.70. The number of aliphatic hydroxyl groups excluding tert-OH is 2. The van der Waals surface area contributed by atoms with Gasteiger partial charge in [-0.1, -0.05) is 65.6 Å². The van der Waals surface area contributed by atoms with Crippen LogP contribution in [0.2, 0.25) is 0 Å². The number of carbonyl (C=O) groups is 2. The van der Waals surface area contributed by atoms with Crippen LogP contribution in [0.1, 0.15) is 0 Å². The zero-order valence-electron chi connectivity index (χ0n) is 16.5. The summed E-state index contributed by atoms with van der Waals surface area (Å²) in [4.78, 5) is 27.1. The van der Waals surface area contributed by atoms with Crippen molar-refractivity contribution in [3.63, 3.8) is 0 Å². The second-order valence-corrected chi connectivity index (χ2v) is 8.27. The summed E-state index contributed by atoms with van der Waals surface area (Å²) in [5.74, 6) is 15.7. The van der Waals surface area contributed by atoms with E-state index >= 15 is 0 Å². The van der Waals surface area contributed by atoms with Crippen LogP contribution >= 0.6 is 0 Å². The molecule has 4 N–H and O–H groups in total. The lowest BCUT2D eigenvalue weighted by Gasteiger charge is -2.60. The molecular weight excluding hydrogens is 408 g/mol. The van der Waals surface area contributed by atoms with Crippen LogP contribution in [0.3, 0.4) is 0 Å². The van der Waals surface area contributed by atoms with E-state index in [0.29, 0.717) is 0 Å². The number of aliphatic hydroxyl groups is 4. The van der Waals surface area contributed by atoms with E-state index in [0.717, 1.165) is 0 Å². The van der Waals surface area contributed by atoms with Crippen molar-refractivity contribution in [1.29, 1.82) is 0 Å². The fraction of sp³-hybridized carbons (Fsp3) is 0.308. The van der Waals surface area contributed by atoms with Crippen molar-refractivity contribution in [1.82, 2.24) is 0 Å². The maximum atomic E-state index is 13.7. The molecule has 0 aromatic rings. The number of rotatable bonds is 0. The molecule has 6 nitrogen and oxygen atoms in total. The van der Waals surface area contributed by atoms with Gasteiger partial charge in [0.1, 0.15) is 12.2 Å². The molecule has 6 heteroatoms. The van der Waals surface area contributed by atoms with Gasteiger partial charge in [0.2, 0.25) is 5.78 Å². The molecule has 0 heterocycles. The Balaban J connectivity index is 1.87. The van der Waals surface area contributed by atoms with E-state index in [4.69, 9.17) is 0 Å². The zero-order valence-corrected chi connectivity index (χ0v) is 16.5. The van der Waals surface area contributed by atoms with Gasteiger partial charge in [-0.2, -0.15) is 0 Å². The Morgan fingerprint density at radius 3 is 2.16 bits per heavy atom. The van der Waals surface area contributed by atoms with E-state index in [1.807, 2.05) is 0 Å². The molecule has 1 spiro atoms. The molecule has 0 radical (unpaired) electrons. The van der Waals surface area contributed by atoms with Gasteiger partial charge < -0.3 is 20.4 Å². The number of fused-ring (bicyclic) bond motifs is 2. The van der Waals surface area contributed by atoms with E-state index in [2.05, 4.69) is 47.4 Å². The molecule has 0 saturated heterocycles. The SMILES string of the molecule is O=C1[C@@]23C=C[C@@H]([C@@H]4[C@H]2C=C2C(=O)[C@@]4(O)C#C/C=C/C#C[C@@H]2O)[C@@]1(O)C#C/C=C/C#C[C@H]3O. The first-order valence-electron chi connectivity index (χ1n) is 9.96. The average molecular weight is 424 g/mol. The molecule has 0 aliphatic heterocycles. The highest BCUT2D eigenvalue weighted by molar-refractivity contribution is 6.09. The molecule has 1 saturated carbocycles. The standard InChI is InChI=1S/C26H16O6/c27-19-9-5-1-3-8-13-26(32)21-17-11-14-24(18(21)15-16(19)22(26)29)20(28)10-6-2-4-7-12-25(17,31)23(24)30/h1-4,11,14-15,17-21,27-28,31-32H/b3-1+,4-2+/t17-,18+,19-,20+,21+,24-,25-,26+/m0/s1. The summed E-state index contributed by atoms with van der Waals surface area (Å²) < 4.78 is 0. The summed E-state index contributed by atoms with van der Waals surface area (Å²) in [5, 5.41) is 44.7. The van der Waals surface area contributed by atoms with Crippen molar-refractivity contribution in [3.05, 3.63) is 48.1 Å². The van der Waals surface area contributed by atoms with Crippen molar-refractivity contribution >= 4 is 11.6 Å². The third-order valence-corrected chi connectivity index (χ3v) is 6.79. The summed E-state index contributed by atoms with van der Waals surface area (Å²) >= 11 is 0. The Morgan fingerprint density at radius 1 is 0.812 bits per heavy atom. The molecule has 0 unspecified atom stereocenters. The Bertz CT molecular complexity index is 1330. The van der Waals surface area contributed by atoms with Crippen molar-refractivity contribution < 1.29 is 30.0 Å². The van der Waals surface area contributed by atoms with E-state index in [9.17, 15) is 30.0 Å². The second kappa shape index (κ2) is 6.69. The van der Waals surface area contributed by atoms with Gasteiger partial charge in [0.05, 0.1) is 5.41 Å². The minimum atomic E-state index is -2.37. The normalized spacial score (nSPS) is 46.2. The number of allylic oxidation sites excluding steroid dienone is 5. The number of carbonyl (C=O) groups excluding carboxylic acids is 2. The predicted octanol–water partition coefficient (Wildman–Crippen LogP) is -1.18.